The van der Waals surface area contributed by atoms with E-state index in [4.69, 9.17) is 32.2 Å². The second kappa shape index (κ2) is 7.67. The number of benzene rings is 1. The van der Waals surface area contributed by atoms with Gasteiger partial charge in [0, 0.05) is 22.6 Å². The number of aryl methyl sites for hydroxylation is 1. The normalized spacial score (nSPS) is 10.8. The summed E-state index contributed by atoms with van der Waals surface area (Å²) in [6.07, 6.45) is 0.689. The van der Waals surface area contributed by atoms with E-state index in [1.54, 1.807) is 25.1 Å². The van der Waals surface area contributed by atoms with Gasteiger partial charge in [-0.3, -0.25) is 4.79 Å². The van der Waals surface area contributed by atoms with Crippen molar-refractivity contribution in [2.24, 2.45) is 0 Å². The summed E-state index contributed by atoms with van der Waals surface area (Å²) in [5.74, 6) is 0.556. The molecular formula is C16H14Cl2N4O3. The van der Waals surface area contributed by atoms with Gasteiger partial charge < -0.3 is 14.4 Å². The molecule has 0 saturated heterocycles. The molecule has 25 heavy (non-hydrogen) atoms. The molecule has 0 unspecified atom stereocenters. The van der Waals surface area contributed by atoms with E-state index < -0.39 is 0 Å². The third-order valence-electron chi connectivity index (χ3n) is 3.53. The van der Waals surface area contributed by atoms with Gasteiger partial charge in [0.05, 0.1) is 12.2 Å². The van der Waals surface area contributed by atoms with Gasteiger partial charge in [0.1, 0.15) is 0 Å². The van der Waals surface area contributed by atoms with Gasteiger partial charge in [-0.1, -0.05) is 34.0 Å². The van der Waals surface area contributed by atoms with E-state index >= 15 is 0 Å². The Hall–Kier alpha value is -2.38. The Bertz CT molecular complexity index is 872. The molecule has 1 N–H and O–H groups in total. The van der Waals surface area contributed by atoms with Crippen LogP contribution in [-0.2, 0) is 17.8 Å². The molecule has 0 saturated carbocycles. The largest absolute Gasteiger partial charge is 0.347 e. The van der Waals surface area contributed by atoms with Crippen molar-refractivity contribution in [2.75, 3.05) is 0 Å². The van der Waals surface area contributed by atoms with Crippen LogP contribution in [0.25, 0.3) is 11.4 Å². The molecule has 3 aromatic rings. The molecule has 0 fully saturated rings. The van der Waals surface area contributed by atoms with Crippen molar-refractivity contribution in [1.82, 2.24) is 20.6 Å². The number of hydrogen-bond donors (Lipinski definition) is 1. The predicted octanol–water partition coefficient (Wildman–Crippen LogP) is 3.59. The van der Waals surface area contributed by atoms with E-state index in [9.17, 15) is 4.79 Å². The first-order chi connectivity index (χ1) is 12.0. The van der Waals surface area contributed by atoms with Crippen LogP contribution in [0, 0.1) is 6.92 Å². The SMILES string of the molecule is Cc1noc(Cl)c1CCC(=O)NCc1nc(-c2cccc(Cl)c2)no1. The quantitative estimate of drug-likeness (QED) is 0.701. The number of rotatable bonds is 6. The first kappa shape index (κ1) is 17.4. The number of nitrogens with zero attached hydrogens (tertiary/aromatic N) is 3. The maximum atomic E-state index is 11.9. The van der Waals surface area contributed by atoms with Crippen LogP contribution < -0.4 is 5.32 Å². The van der Waals surface area contributed by atoms with E-state index in [1.165, 1.54) is 0 Å². The van der Waals surface area contributed by atoms with E-state index in [0.717, 1.165) is 11.1 Å². The van der Waals surface area contributed by atoms with Crippen LogP contribution in [0.5, 0.6) is 0 Å². The summed E-state index contributed by atoms with van der Waals surface area (Å²) in [4.78, 5) is 16.2. The molecule has 0 aliphatic heterocycles. The maximum Gasteiger partial charge on any atom is 0.246 e. The average Bonchev–Trinajstić information content (AvgIpc) is 3.19. The zero-order chi connectivity index (χ0) is 17.8. The number of aromatic nitrogens is 3. The topological polar surface area (TPSA) is 94.1 Å². The van der Waals surface area contributed by atoms with Crippen molar-refractivity contribution < 1.29 is 13.8 Å². The maximum absolute atomic E-state index is 11.9. The van der Waals surface area contributed by atoms with Crippen LogP contribution in [0.2, 0.25) is 10.2 Å². The first-order valence-corrected chi connectivity index (χ1v) is 8.24. The molecule has 3 rings (SSSR count). The molecule has 7 nitrogen and oxygen atoms in total. The summed E-state index contributed by atoms with van der Waals surface area (Å²) in [5.41, 5.74) is 2.16. The van der Waals surface area contributed by atoms with Gasteiger partial charge in [-0.05, 0) is 37.1 Å². The standard InChI is InChI=1S/C16H14Cl2N4O3/c1-9-12(15(18)25-21-9)5-6-13(23)19-8-14-20-16(22-24-14)10-3-2-4-11(17)7-10/h2-4,7H,5-6,8H2,1H3,(H,19,23). The Morgan fingerprint density at radius 1 is 1.24 bits per heavy atom. The van der Waals surface area contributed by atoms with Crippen molar-refractivity contribution in [1.29, 1.82) is 0 Å². The Labute approximate surface area is 153 Å². The minimum Gasteiger partial charge on any atom is -0.347 e. The fourth-order valence-electron chi connectivity index (χ4n) is 2.21. The minimum absolute atomic E-state index is 0.142. The predicted molar refractivity (Wildman–Crippen MR) is 91.2 cm³/mol. The van der Waals surface area contributed by atoms with E-state index in [2.05, 4.69) is 20.6 Å². The molecule has 0 aliphatic rings. The van der Waals surface area contributed by atoms with Gasteiger partial charge in [0.15, 0.2) is 0 Å². The minimum atomic E-state index is -0.167. The van der Waals surface area contributed by atoms with Gasteiger partial charge in [-0.25, -0.2) is 0 Å². The average molecular weight is 381 g/mol. The van der Waals surface area contributed by atoms with Crippen LogP contribution >= 0.6 is 23.2 Å². The van der Waals surface area contributed by atoms with Crippen LogP contribution in [0.15, 0.2) is 33.3 Å². The molecule has 9 heteroatoms. The van der Waals surface area contributed by atoms with Crippen molar-refractivity contribution in [3.63, 3.8) is 0 Å². The van der Waals surface area contributed by atoms with Gasteiger partial charge in [-0.2, -0.15) is 4.98 Å². The molecule has 2 aromatic heterocycles. The lowest BCUT2D eigenvalue weighted by Crippen LogP contribution is -2.23. The van der Waals surface area contributed by atoms with Crippen molar-refractivity contribution in [3.8, 4) is 11.4 Å². The van der Waals surface area contributed by atoms with Crippen molar-refractivity contribution >= 4 is 29.1 Å². The summed E-state index contributed by atoms with van der Waals surface area (Å²) in [6.45, 7) is 1.92. The van der Waals surface area contributed by atoms with Gasteiger partial charge >= 0.3 is 0 Å². The van der Waals surface area contributed by atoms with Crippen LogP contribution in [0.4, 0.5) is 0 Å². The fraction of sp³-hybridized carbons (Fsp3) is 0.250. The van der Waals surface area contributed by atoms with Crippen LogP contribution in [0.3, 0.4) is 0 Å². The fourth-order valence-corrected chi connectivity index (χ4v) is 2.67. The van der Waals surface area contributed by atoms with E-state index in [0.29, 0.717) is 28.9 Å². The smallest absolute Gasteiger partial charge is 0.246 e. The highest BCUT2D eigenvalue weighted by atomic mass is 35.5. The molecule has 0 radical (unpaired) electrons. The highest BCUT2D eigenvalue weighted by Gasteiger charge is 2.14. The van der Waals surface area contributed by atoms with Gasteiger partial charge in [0.2, 0.25) is 22.8 Å². The van der Waals surface area contributed by atoms with Crippen molar-refractivity contribution in [2.45, 2.75) is 26.3 Å². The second-order valence-electron chi connectivity index (χ2n) is 5.32. The molecule has 0 atom stereocenters. The second-order valence-corrected chi connectivity index (χ2v) is 6.10. The summed E-state index contributed by atoms with van der Waals surface area (Å²) in [7, 11) is 0. The number of amides is 1. The molecule has 0 spiro atoms. The van der Waals surface area contributed by atoms with E-state index in [1.807, 2.05) is 6.07 Å². The lowest BCUT2D eigenvalue weighted by Gasteiger charge is -2.01. The van der Waals surface area contributed by atoms with Gasteiger partial charge in [0.25, 0.3) is 0 Å². The molecule has 1 aromatic carbocycles. The summed E-state index contributed by atoms with van der Waals surface area (Å²) in [6, 6.07) is 7.12. The zero-order valence-electron chi connectivity index (χ0n) is 13.3. The monoisotopic (exact) mass is 380 g/mol. The van der Waals surface area contributed by atoms with Crippen LogP contribution in [-0.4, -0.2) is 21.2 Å². The van der Waals surface area contributed by atoms with Crippen LogP contribution in [0.1, 0.15) is 23.6 Å². The Morgan fingerprint density at radius 3 is 2.80 bits per heavy atom. The zero-order valence-corrected chi connectivity index (χ0v) is 14.8. The highest BCUT2D eigenvalue weighted by molar-refractivity contribution is 6.30. The number of carbonyl (C=O) groups is 1. The number of halogens is 2. The number of carbonyl (C=O) groups excluding carboxylic acids is 1. The highest BCUT2D eigenvalue weighted by Crippen LogP contribution is 2.21. The van der Waals surface area contributed by atoms with Crippen molar-refractivity contribution in [3.05, 3.63) is 51.7 Å². The third kappa shape index (κ3) is 4.37. The van der Waals surface area contributed by atoms with Gasteiger partial charge in [-0.15, -0.1) is 0 Å². The summed E-state index contributed by atoms with van der Waals surface area (Å²) < 4.78 is 9.98. The molecule has 0 bridgehead atoms. The molecule has 1 amide bonds. The molecule has 2 heterocycles. The number of hydrogen-bond acceptors (Lipinski definition) is 6. The number of nitrogens with one attached hydrogen (secondary N) is 1. The summed E-state index contributed by atoms with van der Waals surface area (Å²) >= 11 is 11.8. The first-order valence-electron chi connectivity index (χ1n) is 7.49. The Balaban J connectivity index is 1.53. The Morgan fingerprint density at radius 2 is 2.08 bits per heavy atom. The molecule has 0 aliphatic carbocycles. The summed E-state index contributed by atoms with van der Waals surface area (Å²) in [5, 5.41) is 11.1. The van der Waals surface area contributed by atoms with E-state index in [-0.39, 0.29) is 24.1 Å². The third-order valence-corrected chi connectivity index (χ3v) is 4.06. The Kier molecular flexibility index (Phi) is 5.35. The lowest BCUT2D eigenvalue weighted by molar-refractivity contribution is -0.121. The lowest BCUT2D eigenvalue weighted by atomic mass is 10.1. The molecular weight excluding hydrogens is 367 g/mol. The molecule has 130 valence electrons.